The van der Waals surface area contributed by atoms with Gasteiger partial charge in [-0.3, -0.25) is 4.79 Å². The van der Waals surface area contributed by atoms with Crippen molar-refractivity contribution in [3.05, 3.63) is 57.7 Å². The zero-order valence-corrected chi connectivity index (χ0v) is 18.4. The lowest BCUT2D eigenvalue weighted by Gasteiger charge is -2.10. The molecule has 0 spiro atoms. The van der Waals surface area contributed by atoms with Crippen LogP contribution in [-0.4, -0.2) is 0 Å². The van der Waals surface area contributed by atoms with Crippen LogP contribution in [0.1, 0.15) is 82.3 Å². The molecule has 150 valence electrons. The van der Waals surface area contributed by atoms with Gasteiger partial charge in [0.2, 0.25) is 0 Å². The lowest BCUT2D eigenvalue weighted by molar-refractivity contribution is 0.556. The Kier molecular flexibility index (Phi) is 8.09. The highest BCUT2D eigenvalue weighted by atomic mass is 32.1. The summed E-state index contributed by atoms with van der Waals surface area (Å²) in [5.74, 6) is 0. The fourth-order valence-corrected chi connectivity index (χ4v) is 5.40. The van der Waals surface area contributed by atoms with Crippen molar-refractivity contribution in [1.82, 2.24) is 0 Å². The molecular formula is C26H34OS. The SMILES string of the molecule is CCCCCCCCCCCCc1ccc(C)c2c(=O)c3ccccc3sc12. The van der Waals surface area contributed by atoms with Crippen molar-refractivity contribution in [2.45, 2.75) is 84.5 Å². The largest absolute Gasteiger partial charge is 0.288 e. The molecule has 1 nitrogen and oxygen atoms in total. The third-order valence-electron chi connectivity index (χ3n) is 5.82. The summed E-state index contributed by atoms with van der Waals surface area (Å²) in [5.41, 5.74) is 2.66. The minimum atomic E-state index is 0.201. The first-order chi connectivity index (χ1) is 13.7. The van der Waals surface area contributed by atoms with E-state index in [4.69, 9.17) is 0 Å². The smallest absolute Gasteiger partial charge is 0.196 e. The van der Waals surface area contributed by atoms with Gasteiger partial charge in [-0.25, -0.2) is 0 Å². The first-order valence-corrected chi connectivity index (χ1v) is 12.0. The molecule has 0 bridgehead atoms. The standard InChI is InChI=1S/C26H34OS/c1-3-4-5-6-7-8-9-10-11-12-15-21-19-18-20(2)24-25(27)22-16-13-14-17-23(22)28-26(21)24/h13-14,16-19H,3-12,15H2,1-2H3. The van der Waals surface area contributed by atoms with E-state index in [1.165, 1.54) is 74.5 Å². The van der Waals surface area contributed by atoms with Crippen LogP contribution in [-0.2, 0) is 6.42 Å². The molecule has 2 heteroatoms. The molecule has 0 aliphatic heterocycles. The zero-order chi connectivity index (χ0) is 19.8. The second-order valence-electron chi connectivity index (χ2n) is 8.11. The highest BCUT2D eigenvalue weighted by molar-refractivity contribution is 7.24. The number of fused-ring (bicyclic) bond motifs is 2. The van der Waals surface area contributed by atoms with E-state index < -0.39 is 0 Å². The van der Waals surface area contributed by atoms with Gasteiger partial charge in [0.1, 0.15) is 0 Å². The van der Waals surface area contributed by atoms with Crippen LogP contribution in [0.4, 0.5) is 0 Å². The van der Waals surface area contributed by atoms with Gasteiger partial charge >= 0.3 is 0 Å². The molecule has 0 saturated heterocycles. The van der Waals surface area contributed by atoms with Gasteiger partial charge in [-0.15, -0.1) is 11.3 Å². The zero-order valence-electron chi connectivity index (χ0n) is 17.6. The average molecular weight is 395 g/mol. The second kappa shape index (κ2) is 10.8. The molecule has 0 unspecified atom stereocenters. The quantitative estimate of drug-likeness (QED) is 0.237. The maximum absolute atomic E-state index is 13.0. The molecule has 0 atom stereocenters. The lowest BCUT2D eigenvalue weighted by Crippen LogP contribution is -2.04. The van der Waals surface area contributed by atoms with Gasteiger partial charge < -0.3 is 0 Å². The van der Waals surface area contributed by atoms with Gasteiger partial charge in [0, 0.05) is 20.2 Å². The minimum Gasteiger partial charge on any atom is -0.288 e. The Morgan fingerprint density at radius 3 is 2.14 bits per heavy atom. The van der Waals surface area contributed by atoms with Crippen molar-refractivity contribution in [1.29, 1.82) is 0 Å². The third kappa shape index (κ3) is 5.23. The predicted octanol–water partition coefficient (Wildman–Crippen LogP) is 8.19. The molecule has 28 heavy (non-hydrogen) atoms. The van der Waals surface area contributed by atoms with E-state index >= 15 is 0 Å². The summed E-state index contributed by atoms with van der Waals surface area (Å²) in [5, 5.41) is 1.80. The van der Waals surface area contributed by atoms with E-state index in [2.05, 4.69) is 32.0 Å². The Morgan fingerprint density at radius 2 is 1.43 bits per heavy atom. The average Bonchev–Trinajstić information content (AvgIpc) is 2.71. The van der Waals surface area contributed by atoms with Gasteiger partial charge in [0.25, 0.3) is 0 Å². The van der Waals surface area contributed by atoms with Crippen LogP contribution in [0.15, 0.2) is 41.2 Å². The van der Waals surface area contributed by atoms with Gasteiger partial charge in [-0.05, 0) is 43.0 Å². The minimum absolute atomic E-state index is 0.201. The Labute approximate surface area is 173 Å². The van der Waals surface area contributed by atoms with Gasteiger partial charge in [0.05, 0.1) is 0 Å². The second-order valence-corrected chi connectivity index (χ2v) is 9.16. The molecule has 0 radical (unpaired) electrons. The van der Waals surface area contributed by atoms with Crippen molar-refractivity contribution in [3.8, 4) is 0 Å². The number of hydrogen-bond acceptors (Lipinski definition) is 2. The molecular weight excluding hydrogens is 360 g/mol. The van der Waals surface area contributed by atoms with E-state index in [0.29, 0.717) is 0 Å². The summed E-state index contributed by atoms with van der Waals surface area (Å²) in [7, 11) is 0. The summed E-state index contributed by atoms with van der Waals surface area (Å²) in [6.45, 7) is 4.34. The Bertz CT molecular complexity index is 954. The normalized spacial score (nSPS) is 11.5. The molecule has 1 aromatic heterocycles. The Hall–Kier alpha value is -1.67. The van der Waals surface area contributed by atoms with E-state index in [1.807, 2.05) is 18.2 Å². The molecule has 0 amide bonds. The van der Waals surface area contributed by atoms with Crippen LogP contribution in [0, 0.1) is 6.92 Å². The van der Waals surface area contributed by atoms with Gasteiger partial charge in [-0.1, -0.05) is 89.0 Å². The highest BCUT2D eigenvalue weighted by Crippen LogP contribution is 2.30. The Morgan fingerprint density at radius 1 is 0.786 bits per heavy atom. The molecule has 0 N–H and O–H groups in total. The lowest BCUT2D eigenvalue weighted by atomic mass is 10.0. The first-order valence-electron chi connectivity index (χ1n) is 11.2. The summed E-state index contributed by atoms with van der Waals surface area (Å²) in [6, 6.07) is 12.4. The molecule has 0 aliphatic rings. The van der Waals surface area contributed by atoms with E-state index in [-0.39, 0.29) is 5.43 Å². The molecule has 3 rings (SSSR count). The van der Waals surface area contributed by atoms with Gasteiger partial charge in [0.15, 0.2) is 5.43 Å². The van der Waals surface area contributed by atoms with Crippen molar-refractivity contribution >= 4 is 31.5 Å². The number of unbranched alkanes of at least 4 members (excludes halogenated alkanes) is 9. The molecule has 1 heterocycles. The Balaban J connectivity index is 1.58. The molecule has 3 aromatic rings. The van der Waals surface area contributed by atoms with E-state index in [1.54, 1.807) is 11.3 Å². The summed E-state index contributed by atoms with van der Waals surface area (Å²) >= 11 is 1.79. The van der Waals surface area contributed by atoms with Crippen molar-refractivity contribution < 1.29 is 0 Å². The van der Waals surface area contributed by atoms with Crippen molar-refractivity contribution in [2.24, 2.45) is 0 Å². The number of rotatable bonds is 11. The van der Waals surface area contributed by atoms with E-state index in [9.17, 15) is 4.79 Å². The fourth-order valence-electron chi connectivity index (χ4n) is 4.11. The predicted molar refractivity (Wildman–Crippen MR) is 126 cm³/mol. The van der Waals surface area contributed by atoms with Gasteiger partial charge in [-0.2, -0.15) is 0 Å². The summed E-state index contributed by atoms with van der Waals surface area (Å²) in [6.07, 6.45) is 14.7. The summed E-state index contributed by atoms with van der Waals surface area (Å²) < 4.78 is 2.31. The van der Waals surface area contributed by atoms with Crippen LogP contribution < -0.4 is 5.43 Å². The topological polar surface area (TPSA) is 17.1 Å². The number of aryl methyl sites for hydroxylation is 2. The first kappa shape index (κ1) is 21.0. The van der Waals surface area contributed by atoms with Crippen LogP contribution in [0.2, 0.25) is 0 Å². The maximum atomic E-state index is 13.0. The maximum Gasteiger partial charge on any atom is 0.196 e. The fraction of sp³-hybridized carbons (Fsp3) is 0.500. The van der Waals surface area contributed by atoms with E-state index in [0.717, 1.165) is 27.5 Å². The van der Waals surface area contributed by atoms with Crippen LogP contribution in [0.25, 0.3) is 20.2 Å². The third-order valence-corrected chi connectivity index (χ3v) is 7.06. The van der Waals surface area contributed by atoms with Crippen molar-refractivity contribution in [2.75, 3.05) is 0 Å². The number of hydrogen-bond donors (Lipinski definition) is 0. The number of benzene rings is 2. The molecule has 0 fully saturated rings. The molecule has 0 saturated carbocycles. The monoisotopic (exact) mass is 394 g/mol. The van der Waals surface area contributed by atoms with Crippen LogP contribution in [0.3, 0.4) is 0 Å². The van der Waals surface area contributed by atoms with Crippen molar-refractivity contribution in [3.63, 3.8) is 0 Å². The molecule has 0 aliphatic carbocycles. The van der Waals surface area contributed by atoms with Crippen LogP contribution in [0.5, 0.6) is 0 Å². The molecule has 2 aromatic carbocycles. The van der Waals surface area contributed by atoms with Crippen LogP contribution >= 0.6 is 11.3 Å². The summed E-state index contributed by atoms with van der Waals surface area (Å²) in [4.78, 5) is 13.0. The highest BCUT2D eigenvalue weighted by Gasteiger charge is 2.11.